The van der Waals surface area contributed by atoms with E-state index in [1.54, 1.807) is 0 Å². The molecule has 0 radical (unpaired) electrons. The van der Waals surface area contributed by atoms with E-state index in [4.69, 9.17) is 10.5 Å². The summed E-state index contributed by atoms with van der Waals surface area (Å²) in [5.41, 5.74) is 12.5. The van der Waals surface area contributed by atoms with Gasteiger partial charge in [0.15, 0.2) is 6.61 Å². The topological polar surface area (TPSA) is 58.8 Å². The molecule has 162 valence electrons. The summed E-state index contributed by atoms with van der Waals surface area (Å²) in [7, 11) is 1.90. The van der Waals surface area contributed by atoms with Gasteiger partial charge in [0.05, 0.1) is 0 Å². The van der Waals surface area contributed by atoms with Gasteiger partial charge in [0.1, 0.15) is 5.75 Å². The van der Waals surface area contributed by atoms with E-state index in [1.165, 1.54) is 11.3 Å². The molecule has 5 heteroatoms. The van der Waals surface area contributed by atoms with Gasteiger partial charge in [0, 0.05) is 37.6 Å². The number of benzene rings is 2. The van der Waals surface area contributed by atoms with Crippen molar-refractivity contribution in [3.8, 4) is 5.75 Å². The number of ether oxygens (including phenoxy) is 1. The second-order valence-electron chi connectivity index (χ2n) is 8.36. The van der Waals surface area contributed by atoms with E-state index in [2.05, 4.69) is 36.1 Å². The molecule has 1 saturated heterocycles. The van der Waals surface area contributed by atoms with Crippen LogP contribution in [0.15, 0.2) is 30.3 Å². The van der Waals surface area contributed by atoms with E-state index in [-0.39, 0.29) is 18.6 Å². The van der Waals surface area contributed by atoms with Crippen molar-refractivity contribution >= 4 is 17.3 Å². The second kappa shape index (κ2) is 9.41. The van der Waals surface area contributed by atoms with Crippen LogP contribution in [0.3, 0.4) is 0 Å². The lowest BCUT2D eigenvalue weighted by atomic mass is 10.0. The number of piperidine rings is 1. The first kappa shape index (κ1) is 22.0. The van der Waals surface area contributed by atoms with Gasteiger partial charge in [-0.1, -0.05) is 25.1 Å². The van der Waals surface area contributed by atoms with Crippen molar-refractivity contribution in [3.05, 3.63) is 52.6 Å². The molecule has 30 heavy (non-hydrogen) atoms. The van der Waals surface area contributed by atoms with Crippen molar-refractivity contribution < 1.29 is 9.53 Å². The van der Waals surface area contributed by atoms with Crippen LogP contribution in [0.1, 0.15) is 42.0 Å². The number of likely N-dealkylation sites (N-methyl/N-ethyl adjacent to an activating group) is 1. The fourth-order valence-electron chi connectivity index (χ4n) is 4.36. The molecule has 0 aromatic heterocycles. The van der Waals surface area contributed by atoms with Crippen molar-refractivity contribution in [2.24, 2.45) is 0 Å². The fourth-order valence-corrected chi connectivity index (χ4v) is 4.36. The van der Waals surface area contributed by atoms with Crippen molar-refractivity contribution in [1.29, 1.82) is 0 Å². The summed E-state index contributed by atoms with van der Waals surface area (Å²) in [6.45, 7) is 10.1. The predicted octanol–water partition coefficient (Wildman–Crippen LogP) is 4.26. The number of rotatable bonds is 6. The number of anilines is 2. The van der Waals surface area contributed by atoms with Gasteiger partial charge in [-0.25, -0.2) is 0 Å². The van der Waals surface area contributed by atoms with E-state index in [0.29, 0.717) is 0 Å². The minimum Gasteiger partial charge on any atom is -0.483 e. The average molecular weight is 410 g/mol. The zero-order valence-corrected chi connectivity index (χ0v) is 19.0. The number of carbonyl (C=O) groups is 1. The maximum Gasteiger partial charge on any atom is 0.260 e. The van der Waals surface area contributed by atoms with Crippen molar-refractivity contribution in [1.82, 2.24) is 4.90 Å². The highest BCUT2D eigenvalue weighted by atomic mass is 16.5. The Morgan fingerprint density at radius 1 is 1.17 bits per heavy atom. The summed E-state index contributed by atoms with van der Waals surface area (Å²) in [5, 5.41) is 0. The van der Waals surface area contributed by atoms with Gasteiger partial charge in [-0.15, -0.1) is 0 Å². The SMILES string of the molecule is CCc1ccccc1N1CCC(N(C)C(=O)COc2c(C)cc(N)c(C)c2C)CC1. The molecule has 0 spiro atoms. The summed E-state index contributed by atoms with van der Waals surface area (Å²) in [5.74, 6) is 0.796. The molecule has 0 saturated carbocycles. The normalized spacial score (nSPS) is 14.6. The van der Waals surface area contributed by atoms with Gasteiger partial charge in [-0.3, -0.25) is 4.79 Å². The standard InChI is InChI=1S/C25H35N3O2/c1-6-20-9-7-8-10-23(20)28-13-11-21(12-14-28)27(5)24(29)16-30-25-17(2)15-22(26)18(3)19(25)4/h7-10,15,21H,6,11-14,16,26H2,1-5H3. The first-order valence-electron chi connectivity index (χ1n) is 10.9. The Bertz CT molecular complexity index is 902. The Kier molecular flexibility index (Phi) is 6.91. The van der Waals surface area contributed by atoms with Gasteiger partial charge >= 0.3 is 0 Å². The van der Waals surface area contributed by atoms with Crippen molar-refractivity contribution in [3.63, 3.8) is 0 Å². The van der Waals surface area contributed by atoms with Crippen molar-refractivity contribution in [2.75, 3.05) is 37.4 Å². The van der Waals surface area contributed by atoms with Crippen molar-refractivity contribution in [2.45, 2.75) is 53.0 Å². The molecule has 3 rings (SSSR count). The van der Waals surface area contributed by atoms with Crippen LogP contribution in [0.25, 0.3) is 0 Å². The highest BCUT2D eigenvalue weighted by Crippen LogP contribution is 2.30. The zero-order chi connectivity index (χ0) is 21.8. The highest BCUT2D eigenvalue weighted by Gasteiger charge is 2.26. The summed E-state index contributed by atoms with van der Waals surface area (Å²) < 4.78 is 5.94. The molecule has 1 fully saturated rings. The Hall–Kier alpha value is -2.69. The van der Waals surface area contributed by atoms with Crippen LogP contribution in [0.4, 0.5) is 11.4 Å². The smallest absolute Gasteiger partial charge is 0.260 e. The number of aryl methyl sites for hydroxylation is 2. The van der Waals surface area contributed by atoms with Crippen LogP contribution in [0.5, 0.6) is 5.75 Å². The Morgan fingerprint density at radius 2 is 1.83 bits per heavy atom. The first-order valence-corrected chi connectivity index (χ1v) is 10.9. The molecule has 0 atom stereocenters. The minimum absolute atomic E-state index is 0.0238. The van der Waals surface area contributed by atoms with Crippen LogP contribution in [0.2, 0.25) is 0 Å². The summed E-state index contributed by atoms with van der Waals surface area (Å²) >= 11 is 0. The average Bonchev–Trinajstić information content (AvgIpc) is 2.76. The molecule has 0 aliphatic carbocycles. The van der Waals surface area contributed by atoms with Crippen LogP contribution in [-0.4, -0.2) is 43.6 Å². The lowest BCUT2D eigenvalue weighted by Crippen LogP contribution is -2.47. The summed E-state index contributed by atoms with van der Waals surface area (Å²) in [6.07, 6.45) is 2.98. The van der Waals surface area contributed by atoms with Crippen LogP contribution in [-0.2, 0) is 11.2 Å². The molecule has 0 unspecified atom stereocenters. The molecular weight excluding hydrogens is 374 g/mol. The molecule has 5 nitrogen and oxygen atoms in total. The van der Waals surface area contributed by atoms with E-state index >= 15 is 0 Å². The third-order valence-corrected chi connectivity index (χ3v) is 6.53. The van der Waals surface area contributed by atoms with E-state index in [0.717, 1.165) is 60.5 Å². The third kappa shape index (κ3) is 4.55. The molecule has 1 heterocycles. The Balaban J connectivity index is 1.57. The molecule has 0 bridgehead atoms. The predicted molar refractivity (Wildman–Crippen MR) is 124 cm³/mol. The summed E-state index contributed by atoms with van der Waals surface area (Å²) in [4.78, 5) is 17.1. The molecule has 2 aromatic carbocycles. The number of para-hydroxylation sites is 1. The largest absolute Gasteiger partial charge is 0.483 e. The molecule has 2 aromatic rings. The number of nitrogens with two attached hydrogens (primary N) is 1. The van der Waals surface area contributed by atoms with Gasteiger partial charge in [0.2, 0.25) is 0 Å². The number of nitrogens with zero attached hydrogens (tertiary/aromatic N) is 2. The number of amides is 1. The van der Waals surface area contributed by atoms with E-state index in [9.17, 15) is 4.79 Å². The van der Waals surface area contributed by atoms with Gasteiger partial charge < -0.3 is 20.3 Å². The second-order valence-corrected chi connectivity index (χ2v) is 8.36. The van der Waals surface area contributed by atoms with Gasteiger partial charge in [0.25, 0.3) is 5.91 Å². The Labute approximate surface area is 180 Å². The number of hydrogen-bond donors (Lipinski definition) is 1. The number of hydrogen-bond acceptors (Lipinski definition) is 4. The lowest BCUT2D eigenvalue weighted by molar-refractivity contribution is -0.134. The number of nitrogen functional groups attached to an aromatic ring is 1. The maximum absolute atomic E-state index is 12.8. The van der Waals surface area contributed by atoms with Gasteiger partial charge in [-0.05, 0) is 74.4 Å². The molecule has 2 N–H and O–H groups in total. The van der Waals surface area contributed by atoms with Crippen LogP contribution >= 0.6 is 0 Å². The molecule has 1 aliphatic rings. The van der Waals surface area contributed by atoms with E-state index in [1.807, 2.05) is 38.8 Å². The first-order chi connectivity index (χ1) is 14.3. The molecule has 1 amide bonds. The monoisotopic (exact) mass is 409 g/mol. The fraction of sp³-hybridized carbons (Fsp3) is 0.480. The minimum atomic E-state index is 0.0238. The zero-order valence-electron chi connectivity index (χ0n) is 19.0. The summed E-state index contributed by atoms with van der Waals surface area (Å²) in [6, 6.07) is 10.8. The van der Waals surface area contributed by atoms with E-state index < -0.39 is 0 Å². The van der Waals surface area contributed by atoms with Crippen LogP contribution in [0, 0.1) is 20.8 Å². The lowest BCUT2D eigenvalue weighted by Gasteiger charge is -2.38. The number of carbonyl (C=O) groups excluding carboxylic acids is 1. The quantitative estimate of drug-likeness (QED) is 0.724. The van der Waals surface area contributed by atoms with Crippen LogP contribution < -0.4 is 15.4 Å². The maximum atomic E-state index is 12.8. The third-order valence-electron chi connectivity index (χ3n) is 6.53. The Morgan fingerprint density at radius 3 is 2.50 bits per heavy atom. The molecular formula is C25H35N3O2. The molecule has 1 aliphatic heterocycles. The van der Waals surface area contributed by atoms with Gasteiger partial charge in [-0.2, -0.15) is 0 Å². The highest BCUT2D eigenvalue weighted by molar-refractivity contribution is 5.78.